The number of benzene rings is 3. The van der Waals surface area contributed by atoms with Crippen molar-refractivity contribution in [3.63, 3.8) is 0 Å². The Morgan fingerprint density at radius 2 is 1.38 bits per heavy atom. The number of imide groups is 1. The van der Waals surface area contributed by atoms with Crippen LogP contribution in [0.1, 0.15) is 64.3 Å². The van der Waals surface area contributed by atoms with Crippen molar-refractivity contribution < 1.29 is 19.5 Å². The molecule has 0 spiro atoms. The van der Waals surface area contributed by atoms with E-state index < -0.39 is 6.04 Å². The second-order valence-corrected chi connectivity index (χ2v) is 18.6. The van der Waals surface area contributed by atoms with Crippen LogP contribution in [0.15, 0.2) is 78.9 Å². The number of carbonyl (C=O) groups is 3. The third-order valence-corrected chi connectivity index (χ3v) is 14.7. The summed E-state index contributed by atoms with van der Waals surface area (Å²) in [7, 11) is 0. The first-order chi connectivity index (χ1) is 31.8. The number of hydrogen-bond acceptors (Lipinski definition) is 11. The van der Waals surface area contributed by atoms with Crippen LogP contribution < -0.4 is 10.2 Å². The molecule has 65 heavy (non-hydrogen) atoms. The van der Waals surface area contributed by atoms with Gasteiger partial charge in [0.05, 0.1) is 18.0 Å². The second-order valence-electron chi connectivity index (χ2n) is 18.6. The van der Waals surface area contributed by atoms with E-state index in [2.05, 4.69) is 97.4 Å². The number of rotatable bonds is 13. The van der Waals surface area contributed by atoms with Crippen molar-refractivity contribution in [2.75, 3.05) is 103 Å². The van der Waals surface area contributed by atoms with E-state index in [0.29, 0.717) is 31.0 Å². The Kier molecular flexibility index (Phi) is 12.8. The summed E-state index contributed by atoms with van der Waals surface area (Å²) in [4.78, 5) is 57.3. The number of aryl methyl sites for hydroxylation is 1. The Morgan fingerprint density at radius 3 is 2.12 bits per heavy atom. The fraction of sp³-hybridized carbons (Fsp3) is 0.471. The molecular formula is C51H62N10O4. The first kappa shape index (κ1) is 43.4. The monoisotopic (exact) mass is 878 g/mol. The molecule has 5 aliphatic rings. The van der Waals surface area contributed by atoms with Crippen molar-refractivity contribution >= 4 is 29.2 Å². The maximum atomic E-state index is 13.4. The highest BCUT2D eigenvalue weighted by atomic mass is 16.3. The molecule has 3 amide bonds. The van der Waals surface area contributed by atoms with Crippen LogP contribution in [0.25, 0.3) is 28.0 Å². The number of nitrogens with one attached hydrogen (secondary N) is 1. The highest BCUT2D eigenvalue weighted by Gasteiger charge is 2.40. The van der Waals surface area contributed by atoms with Crippen LogP contribution in [0.3, 0.4) is 0 Å². The van der Waals surface area contributed by atoms with Gasteiger partial charge in [-0.3, -0.25) is 29.5 Å². The van der Waals surface area contributed by atoms with E-state index in [1.165, 1.54) is 11.1 Å². The van der Waals surface area contributed by atoms with Gasteiger partial charge in [0.1, 0.15) is 11.9 Å². The van der Waals surface area contributed by atoms with Crippen LogP contribution in [-0.2, 0) is 22.6 Å². The predicted octanol–water partition coefficient (Wildman–Crippen LogP) is 4.29. The normalized spacial score (nSPS) is 20.8. The molecule has 3 aromatic carbocycles. The molecule has 0 bridgehead atoms. The Labute approximate surface area is 381 Å². The van der Waals surface area contributed by atoms with Crippen molar-refractivity contribution in [1.29, 1.82) is 0 Å². The van der Waals surface area contributed by atoms with E-state index in [1.807, 2.05) is 22.7 Å². The molecule has 14 nitrogen and oxygen atoms in total. The van der Waals surface area contributed by atoms with Gasteiger partial charge >= 0.3 is 0 Å². The molecule has 340 valence electrons. The van der Waals surface area contributed by atoms with Crippen LogP contribution in [0.4, 0.5) is 5.82 Å². The molecule has 5 aliphatic heterocycles. The minimum Gasteiger partial charge on any atom is -0.395 e. The molecule has 0 radical (unpaired) electrons. The molecule has 1 unspecified atom stereocenters. The number of nitrogens with zero attached hydrogens (tertiary/aromatic N) is 9. The summed E-state index contributed by atoms with van der Waals surface area (Å²) in [5.74, 6) is 0.744. The SMILES string of the molecule is Cc1nn2c(N3CCN(CCO)CC3)cc(-c3cccc(CCN4CCN(CCN5CCC(c6cccc7c6CN(C6CCC(=O)NC6=O)C7=O)CC5)CC4)c3)nc2c1-c1ccccc1. The molecule has 2 aromatic heterocycles. The molecule has 0 saturated carbocycles. The highest BCUT2D eigenvalue weighted by Crippen LogP contribution is 2.38. The lowest BCUT2D eigenvalue weighted by molar-refractivity contribution is -0.136. The molecule has 14 heteroatoms. The third-order valence-electron chi connectivity index (χ3n) is 14.7. The molecule has 4 fully saturated rings. The molecule has 7 heterocycles. The Bertz CT molecular complexity index is 2520. The zero-order valence-corrected chi connectivity index (χ0v) is 37.7. The van der Waals surface area contributed by atoms with E-state index in [9.17, 15) is 19.5 Å². The number of hydrogen-bond donors (Lipinski definition) is 2. The van der Waals surface area contributed by atoms with E-state index in [4.69, 9.17) is 10.1 Å². The Balaban J connectivity index is 0.723. The lowest BCUT2D eigenvalue weighted by Gasteiger charge is -2.37. The average molecular weight is 879 g/mol. The molecule has 1 atom stereocenters. The van der Waals surface area contributed by atoms with Crippen LogP contribution in [-0.4, -0.2) is 166 Å². The largest absolute Gasteiger partial charge is 0.395 e. The quantitative estimate of drug-likeness (QED) is 0.164. The number of carbonyl (C=O) groups excluding carboxylic acids is 3. The smallest absolute Gasteiger partial charge is 0.255 e. The second kappa shape index (κ2) is 19.1. The van der Waals surface area contributed by atoms with E-state index in [1.54, 1.807) is 4.90 Å². The summed E-state index contributed by atoms with van der Waals surface area (Å²) in [6.07, 6.45) is 3.76. The highest BCUT2D eigenvalue weighted by molar-refractivity contribution is 6.05. The summed E-state index contributed by atoms with van der Waals surface area (Å²) in [5.41, 5.74) is 10.5. The van der Waals surface area contributed by atoms with Gasteiger partial charge in [-0.2, -0.15) is 9.61 Å². The van der Waals surface area contributed by atoms with Gasteiger partial charge in [-0.15, -0.1) is 0 Å². The van der Waals surface area contributed by atoms with Crippen molar-refractivity contribution in [2.45, 2.75) is 57.5 Å². The Hall–Kier alpha value is -5.51. The van der Waals surface area contributed by atoms with Crippen molar-refractivity contribution in [1.82, 2.24) is 44.4 Å². The van der Waals surface area contributed by atoms with Gasteiger partial charge in [0.25, 0.3) is 5.91 Å². The average Bonchev–Trinajstić information content (AvgIpc) is 3.86. The van der Waals surface area contributed by atoms with Gasteiger partial charge in [-0.05, 0) is 86.0 Å². The third kappa shape index (κ3) is 9.19. The zero-order valence-electron chi connectivity index (χ0n) is 37.7. The number of likely N-dealkylation sites (tertiary alicyclic amines) is 1. The number of piperazine rings is 2. The molecule has 0 aliphatic carbocycles. The fourth-order valence-electron chi connectivity index (χ4n) is 10.9. The standard InChI is InChI=1S/C51H62N10O4/c1-36-48(39-8-3-2-4-9-39)49-52-44(34-47(61(49)54-36)59-29-27-58(28-30-59)31-32-62)40-10-5-7-37(33-40)15-18-56-22-25-57(26-23-56)24-21-55-19-16-38(17-20-55)41-11-6-12-42-43(41)35-60(51(42)65)45-13-14-46(63)53-50(45)64/h2-12,33-34,38,45,62H,13-32,35H2,1H3,(H,53,63,64). The number of β-amino-alcohol motifs (C(OH)–C–C–N with tert-alkyl or cyclic N) is 1. The van der Waals surface area contributed by atoms with Crippen LogP contribution >= 0.6 is 0 Å². The molecule has 5 aromatic rings. The maximum absolute atomic E-state index is 13.4. The molecular weight excluding hydrogens is 817 g/mol. The number of aliphatic hydroxyl groups is 1. The van der Waals surface area contributed by atoms with Gasteiger partial charge in [0.2, 0.25) is 11.8 Å². The van der Waals surface area contributed by atoms with Gasteiger partial charge in [0.15, 0.2) is 5.65 Å². The first-order valence-corrected chi connectivity index (χ1v) is 23.9. The number of aromatic nitrogens is 3. The number of anilines is 1. The van der Waals surface area contributed by atoms with Crippen molar-refractivity contribution in [3.8, 4) is 22.4 Å². The summed E-state index contributed by atoms with van der Waals surface area (Å²) in [6.45, 7) is 16.5. The van der Waals surface area contributed by atoms with Gasteiger partial charge in [-0.25, -0.2) is 4.98 Å². The van der Waals surface area contributed by atoms with Gasteiger partial charge < -0.3 is 24.7 Å². The first-order valence-electron chi connectivity index (χ1n) is 23.9. The van der Waals surface area contributed by atoms with Gasteiger partial charge in [-0.1, -0.05) is 60.7 Å². The maximum Gasteiger partial charge on any atom is 0.255 e. The predicted molar refractivity (Wildman–Crippen MR) is 252 cm³/mol. The fourth-order valence-corrected chi connectivity index (χ4v) is 10.9. The summed E-state index contributed by atoms with van der Waals surface area (Å²) in [5, 5.41) is 17.0. The number of fused-ring (bicyclic) bond motifs is 2. The minimum atomic E-state index is -0.583. The van der Waals surface area contributed by atoms with E-state index >= 15 is 0 Å². The number of amides is 3. The number of aliphatic hydroxyl groups excluding tert-OH is 1. The molecule has 4 saturated heterocycles. The molecule has 10 rings (SSSR count). The zero-order chi connectivity index (χ0) is 44.4. The van der Waals surface area contributed by atoms with Crippen molar-refractivity contribution in [2.24, 2.45) is 0 Å². The summed E-state index contributed by atoms with van der Waals surface area (Å²) in [6, 6.07) is 27.1. The minimum absolute atomic E-state index is 0.0932. The van der Waals surface area contributed by atoms with Crippen molar-refractivity contribution in [3.05, 3.63) is 107 Å². The lowest BCUT2D eigenvalue weighted by Crippen LogP contribution is -2.52. The Morgan fingerprint density at radius 1 is 0.708 bits per heavy atom. The number of piperidine rings is 2. The summed E-state index contributed by atoms with van der Waals surface area (Å²) >= 11 is 0. The van der Waals surface area contributed by atoms with E-state index in [0.717, 1.165) is 149 Å². The molecule has 2 N–H and O–H groups in total. The van der Waals surface area contributed by atoms with Crippen LogP contribution in [0.5, 0.6) is 0 Å². The van der Waals surface area contributed by atoms with E-state index in [-0.39, 0.29) is 30.7 Å². The summed E-state index contributed by atoms with van der Waals surface area (Å²) < 4.78 is 2.04. The lowest BCUT2D eigenvalue weighted by atomic mass is 9.85. The van der Waals surface area contributed by atoms with Crippen LogP contribution in [0.2, 0.25) is 0 Å². The van der Waals surface area contributed by atoms with Crippen LogP contribution in [0, 0.1) is 6.92 Å². The van der Waals surface area contributed by atoms with Gasteiger partial charge in [0, 0.05) is 114 Å². The topological polar surface area (TPSA) is 133 Å².